The Morgan fingerprint density at radius 3 is 2.57 bits per heavy atom. The van der Waals surface area contributed by atoms with Crippen LogP contribution in [0.3, 0.4) is 0 Å². The average molecular weight is 349 g/mol. The van der Waals surface area contributed by atoms with E-state index in [1.165, 1.54) is 12.2 Å². The fourth-order valence-electron chi connectivity index (χ4n) is 1.57. The summed E-state index contributed by atoms with van der Waals surface area (Å²) in [4.78, 5) is 23.4. The fourth-order valence-corrected chi connectivity index (χ4v) is 2.04. The van der Waals surface area contributed by atoms with Crippen LogP contribution in [0.25, 0.3) is 6.08 Å². The number of furan rings is 1. The molecule has 1 heterocycles. The predicted molar refractivity (Wildman–Crippen MR) is 82.2 cm³/mol. The van der Waals surface area contributed by atoms with Crippen molar-refractivity contribution in [3.63, 3.8) is 0 Å². The summed E-state index contributed by atoms with van der Waals surface area (Å²) in [6.45, 7) is 1.81. The molecule has 0 atom stereocenters. The van der Waals surface area contributed by atoms with Crippen molar-refractivity contribution in [3.8, 4) is 0 Å². The van der Waals surface area contributed by atoms with Crippen LogP contribution in [0.4, 0.5) is 0 Å². The minimum absolute atomic E-state index is 0.405. The van der Waals surface area contributed by atoms with Crippen molar-refractivity contribution in [1.29, 1.82) is 0 Å². The molecule has 1 aromatic heterocycles. The summed E-state index contributed by atoms with van der Waals surface area (Å²) in [6.07, 6.45) is 2.80. The molecule has 0 fully saturated rings. The van der Waals surface area contributed by atoms with Gasteiger partial charge in [-0.05, 0) is 53.2 Å². The van der Waals surface area contributed by atoms with E-state index >= 15 is 0 Å². The highest BCUT2D eigenvalue weighted by Crippen LogP contribution is 2.15. The van der Waals surface area contributed by atoms with Crippen molar-refractivity contribution < 1.29 is 14.0 Å². The smallest absolute Gasteiger partial charge is 0.270 e. The Balaban J connectivity index is 1.88. The van der Waals surface area contributed by atoms with Crippen molar-refractivity contribution >= 4 is 33.8 Å². The zero-order valence-corrected chi connectivity index (χ0v) is 12.8. The molecule has 21 heavy (non-hydrogen) atoms. The van der Waals surface area contributed by atoms with Crippen LogP contribution in [0.15, 0.2) is 51.4 Å². The summed E-state index contributed by atoms with van der Waals surface area (Å²) in [5.74, 6) is 0.472. The highest BCUT2D eigenvalue weighted by Gasteiger charge is 2.09. The molecular weight excluding hydrogens is 336 g/mol. The number of aryl methyl sites for hydroxylation is 1. The molecule has 2 aromatic rings. The van der Waals surface area contributed by atoms with Crippen molar-refractivity contribution in [3.05, 3.63) is 64.0 Å². The highest BCUT2D eigenvalue weighted by atomic mass is 79.9. The molecule has 0 bridgehead atoms. The minimum atomic E-state index is -0.454. The van der Waals surface area contributed by atoms with Gasteiger partial charge in [0.25, 0.3) is 11.8 Å². The second-order valence-corrected chi connectivity index (χ2v) is 5.06. The number of amides is 2. The number of halogens is 1. The summed E-state index contributed by atoms with van der Waals surface area (Å²) in [6, 6.07) is 10.5. The zero-order chi connectivity index (χ0) is 15.2. The molecule has 0 radical (unpaired) electrons. The van der Waals surface area contributed by atoms with E-state index in [0.717, 1.165) is 5.76 Å². The van der Waals surface area contributed by atoms with Gasteiger partial charge in [-0.1, -0.05) is 12.1 Å². The lowest BCUT2D eigenvalue weighted by Crippen LogP contribution is -2.40. The van der Waals surface area contributed by atoms with E-state index in [9.17, 15) is 9.59 Å². The van der Waals surface area contributed by atoms with E-state index in [1.807, 2.05) is 6.92 Å². The molecule has 0 aliphatic heterocycles. The van der Waals surface area contributed by atoms with E-state index in [-0.39, 0.29) is 0 Å². The van der Waals surface area contributed by atoms with Gasteiger partial charge in [0.15, 0.2) is 0 Å². The number of nitrogens with one attached hydrogen (secondary N) is 2. The van der Waals surface area contributed by atoms with Gasteiger partial charge in [0.2, 0.25) is 0 Å². The third kappa shape index (κ3) is 4.32. The molecular formula is C15H13BrN2O3. The first-order valence-electron chi connectivity index (χ1n) is 6.15. The molecule has 0 unspecified atom stereocenters. The lowest BCUT2D eigenvalue weighted by atomic mass is 10.2. The summed E-state index contributed by atoms with van der Waals surface area (Å²) in [5, 5.41) is 0. The van der Waals surface area contributed by atoms with Gasteiger partial charge < -0.3 is 4.42 Å². The maximum absolute atomic E-state index is 11.8. The van der Waals surface area contributed by atoms with E-state index < -0.39 is 11.8 Å². The Hall–Kier alpha value is -2.34. The van der Waals surface area contributed by atoms with Crippen molar-refractivity contribution in [2.24, 2.45) is 0 Å². The topological polar surface area (TPSA) is 71.3 Å². The molecule has 108 valence electrons. The molecule has 2 amide bonds. The van der Waals surface area contributed by atoms with E-state index in [0.29, 0.717) is 15.8 Å². The third-order valence-corrected chi connectivity index (χ3v) is 3.27. The van der Waals surface area contributed by atoms with Gasteiger partial charge >= 0.3 is 0 Å². The third-order valence-electron chi connectivity index (χ3n) is 2.58. The number of hydrogen-bond donors (Lipinski definition) is 2. The molecule has 5 nitrogen and oxygen atoms in total. The average Bonchev–Trinajstić information content (AvgIpc) is 2.89. The Kier molecular flexibility index (Phi) is 4.94. The molecule has 0 aliphatic rings. The molecule has 2 N–H and O–H groups in total. The van der Waals surface area contributed by atoms with Crippen LogP contribution in [0.5, 0.6) is 0 Å². The zero-order valence-electron chi connectivity index (χ0n) is 11.2. The number of carbonyl (C=O) groups excluding carboxylic acids is 2. The summed E-state index contributed by atoms with van der Waals surface area (Å²) < 4.78 is 5.94. The summed E-state index contributed by atoms with van der Waals surface area (Å²) in [5.41, 5.74) is 5.06. The number of benzene rings is 1. The van der Waals surface area contributed by atoms with Crippen LogP contribution >= 0.6 is 15.9 Å². The maximum atomic E-state index is 11.8. The molecule has 1 aromatic carbocycles. The fraction of sp³-hybridized carbons (Fsp3) is 0.0667. The normalized spacial score (nSPS) is 10.6. The first kappa shape index (κ1) is 15.1. The molecule has 2 rings (SSSR count). The number of carbonyl (C=O) groups is 2. The van der Waals surface area contributed by atoms with E-state index in [4.69, 9.17) is 4.42 Å². The number of rotatable bonds is 3. The van der Waals surface area contributed by atoms with Gasteiger partial charge in [-0.2, -0.15) is 0 Å². The minimum Gasteiger partial charge on any atom is -0.462 e. The first-order valence-corrected chi connectivity index (χ1v) is 6.95. The Bertz CT molecular complexity index is 692. The van der Waals surface area contributed by atoms with Gasteiger partial charge in [0, 0.05) is 10.5 Å². The largest absolute Gasteiger partial charge is 0.462 e. The lowest BCUT2D eigenvalue weighted by molar-refractivity contribution is -0.117. The van der Waals surface area contributed by atoms with Crippen LogP contribution in [-0.4, -0.2) is 11.8 Å². The predicted octanol–water partition coefficient (Wildman–Crippen LogP) is 2.82. The Morgan fingerprint density at radius 1 is 1.14 bits per heavy atom. The second kappa shape index (κ2) is 6.90. The van der Waals surface area contributed by atoms with Crippen molar-refractivity contribution in [1.82, 2.24) is 10.9 Å². The Labute approximate surface area is 130 Å². The van der Waals surface area contributed by atoms with Gasteiger partial charge in [-0.15, -0.1) is 0 Å². The van der Waals surface area contributed by atoms with Crippen LogP contribution in [0, 0.1) is 6.92 Å². The van der Waals surface area contributed by atoms with Gasteiger partial charge in [0.05, 0.1) is 5.56 Å². The highest BCUT2D eigenvalue weighted by molar-refractivity contribution is 9.10. The number of hydrazine groups is 1. The quantitative estimate of drug-likeness (QED) is 0.661. The van der Waals surface area contributed by atoms with E-state index in [1.54, 1.807) is 36.4 Å². The van der Waals surface area contributed by atoms with Crippen LogP contribution in [0.1, 0.15) is 21.9 Å². The summed E-state index contributed by atoms with van der Waals surface area (Å²) in [7, 11) is 0. The monoisotopic (exact) mass is 348 g/mol. The van der Waals surface area contributed by atoms with Gasteiger partial charge in [0.1, 0.15) is 11.5 Å². The second-order valence-electron chi connectivity index (χ2n) is 4.20. The van der Waals surface area contributed by atoms with Crippen LogP contribution < -0.4 is 10.9 Å². The van der Waals surface area contributed by atoms with E-state index in [2.05, 4.69) is 26.8 Å². The molecule has 0 saturated heterocycles. The molecule has 6 heteroatoms. The lowest BCUT2D eigenvalue weighted by Gasteiger charge is -2.06. The Morgan fingerprint density at radius 2 is 1.90 bits per heavy atom. The van der Waals surface area contributed by atoms with Crippen LogP contribution in [-0.2, 0) is 4.79 Å². The first-order chi connectivity index (χ1) is 10.1. The van der Waals surface area contributed by atoms with Crippen molar-refractivity contribution in [2.45, 2.75) is 6.92 Å². The molecule has 0 saturated carbocycles. The van der Waals surface area contributed by atoms with Gasteiger partial charge in [-0.25, -0.2) is 0 Å². The summed E-state index contributed by atoms with van der Waals surface area (Å²) >= 11 is 3.27. The molecule has 0 spiro atoms. The van der Waals surface area contributed by atoms with Crippen molar-refractivity contribution in [2.75, 3.05) is 0 Å². The maximum Gasteiger partial charge on any atom is 0.270 e. The molecule has 0 aliphatic carbocycles. The SMILES string of the molecule is Cc1ccc(/C=C/C(=O)NNC(=O)c2ccccc2Br)o1. The van der Waals surface area contributed by atoms with Crippen LogP contribution in [0.2, 0.25) is 0 Å². The standard InChI is InChI=1S/C15H13BrN2O3/c1-10-6-7-11(21-10)8-9-14(19)17-18-15(20)12-4-2-3-5-13(12)16/h2-9H,1H3,(H,17,19)(H,18,20)/b9-8+. The van der Waals surface area contributed by atoms with Gasteiger partial charge in [-0.3, -0.25) is 20.4 Å². The number of hydrogen-bond acceptors (Lipinski definition) is 3.